The maximum atomic E-state index is 11.4. The van der Waals surface area contributed by atoms with Crippen LogP contribution in [0.1, 0.15) is 19.2 Å². The second kappa shape index (κ2) is 6.36. The van der Waals surface area contributed by atoms with Gasteiger partial charge < -0.3 is 9.42 Å². The molecule has 0 aliphatic carbocycles. The molecule has 3 rings (SSSR count). The van der Waals surface area contributed by atoms with Gasteiger partial charge in [-0.25, -0.2) is 0 Å². The average Bonchev–Trinajstić information content (AvgIpc) is 3.07. The number of hydrogen-bond acceptors (Lipinski definition) is 6. The van der Waals surface area contributed by atoms with Crippen molar-refractivity contribution in [2.75, 3.05) is 26.2 Å². The maximum absolute atomic E-state index is 11.4. The summed E-state index contributed by atoms with van der Waals surface area (Å²) in [5.41, 5.74) is 0.994. The van der Waals surface area contributed by atoms with Crippen LogP contribution in [0.5, 0.6) is 0 Å². The van der Waals surface area contributed by atoms with Crippen molar-refractivity contribution in [2.24, 2.45) is 0 Å². The number of nitrogens with zero attached hydrogens (tertiary/aromatic N) is 4. The van der Waals surface area contributed by atoms with E-state index in [9.17, 15) is 4.79 Å². The second-order valence-electron chi connectivity index (χ2n) is 5.16. The van der Waals surface area contributed by atoms with Crippen molar-refractivity contribution in [2.45, 2.75) is 19.9 Å². The minimum atomic E-state index is 0.148. The van der Waals surface area contributed by atoms with Gasteiger partial charge >= 0.3 is 0 Å². The molecule has 0 bridgehead atoms. The predicted molar refractivity (Wildman–Crippen MR) is 79.8 cm³/mol. The lowest BCUT2D eigenvalue weighted by atomic mass is 10.3. The summed E-state index contributed by atoms with van der Waals surface area (Å²) in [6.07, 6.45) is 0.977. The Hall–Kier alpha value is -1.73. The Morgan fingerprint density at radius 2 is 2.29 bits per heavy atom. The van der Waals surface area contributed by atoms with Crippen LogP contribution in [-0.2, 0) is 11.3 Å². The van der Waals surface area contributed by atoms with Crippen molar-refractivity contribution in [3.63, 3.8) is 0 Å². The lowest BCUT2D eigenvalue weighted by Crippen LogP contribution is -2.33. The van der Waals surface area contributed by atoms with Gasteiger partial charge in [-0.15, -0.1) is 0 Å². The highest BCUT2D eigenvalue weighted by molar-refractivity contribution is 7.08. The second-order valence-corrected chi connectivity index (χ2v) is 5.94. The zero-order valence-electron chi connectivity index (χ0n) is 12.0. The smallest absolute Gasteiger partial charge is 0.241 e. The monoisotopic (exact) mass is 306 g/mol. The van der Waals surface area contributed by atoms with Crippen LogP contribution in [0.25, 0.3) is 11.4 Å². The molecule has 1 amide bonds. The van der Waals surface area contributed by atoms with Crippen molar-refractivity contribution >= 4 is 17.2 Å². The molecule has 0 aromatic carbocycles. The summed E-state index contributed by atoms with van der Waals surface area (Å²) in [6.45, 7) is 5.65. The number of carbonyl (C=O) groups excluding carboxylic acids is 1. The van der Waals surface area contributed by atoms with E-state index in [4.69, 9.17) is 4.52 Å². The summed E-state index contributed by atoms with van der Waals surface area (Å²) >= 11 is 1.62. The number of thiophene rings is 1. The highest BCUT2D eigenvalue weighted by Gasteiger charge is 2.18. The van der Waals surface area contributed by atoms with Crippen molar-refractivity contribution in [1.82, 2.24) is 19.9 Å². The van der Waals surface area contributed by atoms with Gasteiger partial charge in [0.05, 0.1) is 6.54 Å². The van der Waals surface area contributed by atoms with Crippen molar-refractivity contribution in [3.8, 4) is 11.4 Å². The fourth-order valence-corrected chi connectivity index (χ4v) is 3.10. The van der Waals surface area contributed by atoms with Crippen LogP contribution in [0.15, 0.2) is 21.3 Å². The lowest BCUT2D eigenvalue weighted by molar-refractivity contribution is -0.128. The third kappa shape index (κ3) is 3.48. The summed E-state index contributed by atoms with van der Waals surface area (Å²) in [7, 11) is 0. The zero-order valence-corrected chi connectivity index (χ0v) is 12.8. The number of aromatic nitrogens is 2. The third-order valence-electron chi connectivity index (χ3n) is 3.64. The Bertz CT molecular complexity index is 596. The molecular weight excluding hydrogens is 288 g/mol. The summed E-state index contributed by atoms with van der Waals surface area (Å²) < 4.78 is 5.33. The van der Waals surface area contributed by atoms with Gasteiger partial charge in [0.25, 0.3) is 0 Å². The molecule has 0 N–H and O–H groups in total. The summed E-state index contributed by atoms with van der Waals surface area (Å²) in [6, 6.07) is 1.98. The van der Waals surface area contributed by atoms with Crippen LogP contribution >= 0.6 is 11.3 Å². The molecule has 0 saturated carbocycles. The van der Waals surface area contributed by atoms with Gasteiger partial charge in [-0.05, 0) is 17.9 Å². The van der Waals surface area contributed by atoms with E-state index in [-0.39, 0.29) is 5.91 Å². The minimum Gasteiger partial charge on any atom is -0.342 e. The van der Waals surface area contributed by atoms with Crippen LogP contribution in [0.2, 0.25) is 0 Å². The number of carbonyl (C=O) groups is 1. The highest BCUT2D eigenvalue weighted by Crippen LogP contribution is 2.19. The normalized spacial score (nSPS) is 16.9. The standard InChI is InChI=1S/C14H18N4O2S/c1-11(19)18-5-2-4-17(6-7-18)9-13-15-14(16-20-13)12-3-8-21-10-12/h3,8,10H,2,4-7,9H2,1H3. The Morgan fingerprint density at radius 1 is 1.38 bits per heavy atom. The van der Waals surface area contributed by atoms with Crippen LogP contribution in [0.3, 0.4) is 0 Å². The molecular formula is C14H18N4O2S. The van der Waals surface area contributed by atoms with E-state index < -0.39 is 0 Å². The van der Waals surface area contributed by atoms with Crippen LogP contribution in [0, 0.1) is 0 Å². The topological polar surface area (TPSA) is 62.5 Å². The first-order valence-corrected chi connectivity index (χ1v) is 7.99. The van der Waals surface area contributed by atoms with E-state index in [1.165, 1.54) is 0 Å². The summed E-state index contributed by atoms with van der Waals surface area (Å²) in [5, 5.41) is 8.02. The lowest BCUT2D eigenvalue weighted by Gasteiger charge is -2.19. The van der Waals surface area contributed by atoms with Crippen molar-refractivity contribution in [1.29, 1.82) is 0 Å². The Labute approximate surface area is 127 Å². The predicted octanol–water partition coefficient (Wildman–Crippen LogP) is 1.85. The Balaban J connectivity index is 1.60. The van der Waals surface area contributed by atoms with Crippen LogP contribution in [0.4, 0.5) is 0 Å². The zero-order chi connectivity index (χ0) is 14.7. The third-order valence-corrected chi connectivity index (χ3v) is 4.32. The molecule has 0 spiro atoms. The molecule has 7 heteroatoms. The number of rotatable bonds is 3. The average molecular weight is 306 g/mol. The molecule has 1 fully saturated rings. The first kappa shape index (κ1) is 14.2. The van der Waals surface area contributed by atoms with Crippen LogP contribution < -0.4 is 0 Å². The molecule has 1 aliphatic heterocycles. The van der Waals surface area contributed by atoms with Crippen LogP contribution in [-0.4, -0.2) is 52.0 Å². The largest absolute Gasteiger partial charge is 0.342 e. The van der Waals surface area contributed by atoms with E-state index in [2.05, 4.69) is 15.0 Å². The Morgan fingerprint density at radius 3 is 3.05 bits per heavy atom. The molecule has 0 radical (unpaired) electrons. The van der Waals surface area contributed by atoms with E-state index in [0.717, 1.165) is 38.2 Å². The molecule has 0 atom stereocenters. The number of amides is 1. The molecule has 2 aromatic heterocycles. The maximum Gasteiger partial charge on any atom is 0.241 e. The van der Waals surface area contributed by atoms with Gasteiger partial charge in [-0.3, -0.25) is 9.69 Å². The quantitative estimate of drug-likeness (QED) is 0.866. The van der Waals surface area contributed by atoms with Gasteiger partial charge in [-0.1, -0.05) is 5.16 Å². The van der Waals surface area contributed by atoms with Gasteiger partial charge in [0.1, 0.15) is 0 Å². The van der Waals surface area contributed by atoms with Gasteiger partial charge in [0.15, 0.2) is 0 Å². The molecule has 21 heavy (non-hydrogen) atoms. The Kier molecular flexibility index (Phi) is 4.31. The fourth-order valence-electron chi connectivity index (χ4n) is 2.46. The van der Waals surface area contributed by atoms with E-state index in [1.54, 1.807) is 18.3 Å². The van der Waals surface area contributed by atoms with E-state index in [1.807, 2.05) is 21.7 Å². The highest BCUT2D eigenvalue weighted by atomic mass is 32.1. The SMILES string of the molecule is CC(=O)N1CCCN(Cc2nc(-c3ccsc3)no2)CC1. The van der Waals surface area contributed by atoms with Crippen molar-refractivity contribution in [3.05, 3.63) is 22.7 Å². The number of hydrogen-bond donors (Lipinski definition) is 0. The van der Waals surface area contributed by atoms with E-state index >= 15 is 0 Å². The van der Waals surface area contributed by atoms with Crippen molar-refractivity contribution < 1.29 is 9.32 Å². The molecule has 0 unspecified atom stereocenters. The molecule has 1 saturated heterocycles. The summed E-state index contributed by atoms with van der Waals surface area (Å²) in [4.78, 5) is 20.0. The molecule has 6 nitrogen and oxygen atoms in total. The molecule has 2 aromatic rings. The molecule has 3 heterocycles. The van der Waals surface area contributed by atoms with Gasteiger partial charge in [0.2, 0.25) is 17.6 Å². The summed E-state index contributed by atoms with van der Waals surface area (Å²) in [5.74, 6) is 1.42. The molecule has 112 valence electrons. The molecule has 1 aliphatic rings. The first-order chi connectivity index (χ1) is 10.2. The van der Waals surface area contributed by atoms with E-state index in [0.29, 0.717) is 18.3 Å². The fraction of sp³-hybridized carbons (Fsp3) is 0.500. The van der Waals surface area contributed by atoms with Gasteiger partial charge in [0, 0.05) is 44.0 Å². The van der Waals surface area contributed by atoms with Gasteiger partial charge in [-0.2, -0.15) is 16.3 Å². The first-order valence-electron chi connectivity index (χ1n) is 7.05. The minimum absolute atomic E-state index is 0.148.